The molecule has 0 aliphatic carbocycles. The Morgan fingerprint density at radius 1 is 0.914 bits per heavy atom. The van der Waals surface area contributed by atoms with E-state index >= 15 is 0 Å². The lowest BCUT2D eigenvalue weighted by Gasteiger charge is -2.17. The number of hydrogen-bond donors (Lipinski definition) is 4. The molecule has 198 valence electrons. The molecule has 3 rings (SSSR count). The number of rotatable bonds is 15. The van der Waals surface area contributed by atoms with Crippen molar-refractivity contribution in [2.45, 2.75) is 45.4 Å². The summed E-state index contributed by atoms with van der Waals surface area (Å²) in [5.74, 6) is -0.0177. The molecule has 0 radical (unpaired) electrons. The minimum Gasteiger partial charge on any atom is -0.330 e. The van der Waals surface area contributed by atoms with Gasteiger partial charge in [-0.2, -0.15) is 0 Å². The molecule has 7 nitrogen and oxygen atoms in total. The average Bonchev–Trinajstić information content (AvgIpc) is 3.07. The standard InChI is InChI=1S/C25H37N5O2.3ClH/c1-2-3-17-30-22-12-11-21(19-9-8-10-20(24(19)22)25(30)32)29-23(31)18-28-16-7-6-15-27-14-5-4-13-26;;;/h8-12,27-28H,2-7,13-18,26H2,1H3,(H,29,31);3*1H. The van der Waals surface area contributed by atoms with Crippen molar-refractivity contribution in [3.8, 4) is 0 Å². The Labute approximate surface area is 227 Å². The second kappa shape index (κ2) is 17.8. The third-order valence-corrected chi connectivity index (χ3v) is 5.84. The highest BCUT2D eigenvalue weighted by Crippen LogP contribution is 2.40. The zero-order chi connectivity index (χ0) is 22.8. The van der Waals surface area contributed by atoms with Gasteiger partial charge >= 0.3 is 0 Å². The van der Waals surface area contributed by atoms with E-state index < -0.39 is 0 Å². The zero-order valence-corrected chi connectivity index (χ0v) is 22.9. The molecule has 1 aliphatic rings. The number of unbranched alkanes of at least 4 members (excludes halogenated alkanes) is 3. The van der Waals surface area contributed by atoms with E-state index in [0.717, 1.165) is 99.0 Å². The van der Waals surface area contributed by atoms with Gasteiger partial charge in [-0.25, -0.2) is 0 Å². The summed E-state index contributed by atoms with van der Waals surface area (Å²) in [6.45, 7) is 6.69. The maximum absolute atomic E-state index is 12.9. The topological polar surface area (TPSA) is 99.5 Å². The lowest BCUT2D eigenvalue weighted by molar-refractivity contribution is -0.115. The van der Waals surface area contributed by atoms with E-state index in [1.54, 1.807) is 0 Å². The third kappa shape index (κ3) is 9.08. The van der Waals surface area contributed by atoms with Gasteiger partial charge in [-0.15, -0.1) is 37.2 Å². The second-order valence-electron chi connectivity index (χ2n) is 8.35. The highest BCUT2D eigenvalue weighted by atomic mass is 35.5. The van der Waals surface area contributed by atoms with E-state index in [4.69, 9.17) is 5.73 Å². The molecule has 2 amide bonds. The summed E-state index contributed by atoms with van der Waals surface area (Å²) in [5, 5.41) is 11.5. The van der Waals surface area contributed by atoms with Crippen LogP contribution in [-0.4, -0.2) is 51.1 Å². The van der Waals surface area contributed by atoms with Gasteiger partial charge in [0.2, 0.25) is 5.91 Å². The van der Waals surface area contributed by atoms with Gasteiger partial charge in [0.15, 0.2) is 0 Å². The Morgan fingerprint density at radius 2 is 1.60 bits per heavy atom. The fourth-order valence-corrected chi connectivity index (χ4v) is 4.11. The number of carbonyl (C=O) groups excluding carboxylic acids is 2. The van der Waals surface area contributed by atoms with Gasteiger partial charge in [0.1, 0.15) is 0 Å². The van der Waals surface area contributed by atoms with Crippen LogP contribution in [0.5, 0.6) is 0 Å². The Morgan fingerprint density at radius 3 is 2.29 bits per heavy atom. The fourth-order valence-electron chi connectivity index (χ4n) is 4.11. The number of anilines is 2. The number of nitrogens with zero attached hydrogens (tertiary/aromatic N) is 1. The van der Waals surface area contributed by atoms with E-state index in [2.05, 4.69) is 22.9 Å². The van der Waals surface area contributed by atoms with Crippen molar-refractivity contribution in [2.24, 2.45) is 5.73 Å². The molecule has 0 aromatic heterocycles. The van der Waals surface area contributed by atoms with E-state index in [-0.39, 0.29) is 55.6 Å². The summed E-state index contributed by atoms with van der Waals surface area (Å²) in [5.41, 5.74) is 7.91. The lowest BCUT2D eigenvalue weighted by Crippen LogP contribution is -2.29. The highest BCUT2D eigenvalue weighted by Gasteiger charge is 2.30. The second-order valence-corrected chi connectivity index (χ2v) is 8.35. The smallest absolute Gasteiger partial charge is 0.258 e. The summed E-state index contributed by atoms with van der Waals surface area (Å²) in [4.78, 5) is 27.2. The minimum atomic E-state index is -0.0715. The number of hydrogen-bond acceptors (Lipinski definition) is 5. The molecule has 0 unspecified atom stereocenters. The largest absolute Gasteiger partial charge is 0.330 e. The van der Waals surface area contributed by atoms with Gasteiger partial charge < -0.3 is 26.6 Å². The summed E-state index contributed by atoms with van der Waals surface area (Å²) in [7, 11) is 0. The number of halogens is 3. The summed E-state index contributed by atoms with van der Waals surface area (Å²) < 4.78 is 0. The number of carbonyl (C=O) groups is 2. The van der Waals surface area contributed by atoms with Gasteiger partial charge in [0.05, 0.1) is 12.2 Å². The Kier molecular flexibility index (Phi) is 16.9. The minimum absolute atomic E-state index is 0. The Bertz CT molecular complexity index is 929. The monoisotopic (exact) mass is 547 g/mol. The molecule has 10 heteroatoms. The summed E-state index contributed by atoms with van der Waals surface area (Å²) in [6, 6.07) is 9.60. The first-order chi connectivity index (χ1) is 15.7. The first-order valence-corrected chi connectivity index (χ1v) is 12.0. The number of amides is 2. The Hall–Kier alpha value is -1.61. The van der Waals surface area contributed by atoms with Crippen LogP contribution < -0.4 is 26.6 Å². The van der Waals surface area contributed by atoms with Crippen LogP contribution in [0.15, 0.2) is 30.3 Å². The zero-order valence-electron chi connectivity index (χ0n) is 20.4. The molecule has 2 aromatic carbocycles. The van der Waals surface area contributed by atoms with E-state index in [9.17, 15) is 9.59 Å². The molecule has 1 heterocycles. The van der Waals surface area contributed by atoms with Crippen molar-refractivity contribution in [1.82, 2.24) is 10.6 Å². The molecule has 0 spiro atoms. The van der Waals surface area contributed by atoms with Gasteiger partial charge in [0.25, 0.3) is 5.91 Å². The lowest BCUT2D eigenvalue weighted by atomic mass is 10.0. The third-order valence-electron chi connectivity index (χ3n) is 5.84. The molecule has 1 aliphatic heterocycles. The quantitative estimate of drug-likeness (QED) is 0.246. The van der Waals surface area contributed by atoms with E-state index in [0.29, 0.717) is 0 Å². The maximum atomic E-state index is 12.9. The first-order valence-electron chi connectivity index (χ1n) is 12.0. The number of benzene rings is 2. The molecular weight excluding hydrogens is 509 g/mol. The van der Waals surface area contributed by atoms with Crippen molar-refractivity contribution < 1.29 is 9.59 Å². The molecule has 0 atom stereocenters. The van der Waals surface area contributed by atoms with Gasteiger partial charge in [-0.3, -0.25) is 9.59 Å². The maximum Gasteiger partial charge on any atom is 0.258 e. The van der Waals surface area contributed by atoms with Crippen molar-refractivity contribution in [1.29, 1.82) is 0 Å². The molecular formula is C25H40Cl3N5O2. The SMILES string of the molecule is CCCCN1C(=O)c2cccc3c(NC(=O)CNCCCCNCCCCN)ccc1c23.Cl.Cl.Cl. The summed E-state index contributed by atoms with van der Waals surface area (Å²) in [6.07, 6.45) is 6.29. The molecule has 0 bridgehead atoms. The molecule has 5 N–H and O–H groups in total. The van der Waals surface area contributed by atoms with Crippen LogP contribution >= 0.6 is 37.2 Å². The van der Waals surface area contributed by atoms with Crippen LogP contribution in [0.25, 0.3) is 10.8 Å². The number of nitrogens with one attached hydrogen (secondary N) is 3. The Balaban J connectivity index is 0.00000385. The predicted octanol–water partition coefficient (Wildman–Crippen LogP) is 4.50. The van der Waals surface area contributed by atoms with Crippen LogP contribution in [0, 0.1) is 0 Å². The molecule has 35 heavy (non-hydrogen) atoms. The number of nitrogens with two attached hydrogens (primary N) is 1. The molecule has 0 saturated carbocycles. The van der Waals surface area contributed by atoms with Crippen molar-refractivity contribution in [3.05, 3.63) is 35.9 Å². The highest BCUT2D eigenvalue weighted by molar-refractivity contribution is 6.27. The van der Waals surface area contributed by atoms with Gasteiger partial charge in [-0.1, -0.05) is 25.5 Å². The van der Waals surface area contributed by atoms with Crippen LogP contribution in [0.3, 0.4) is 0 Å². The van der Waals surface area contributed by atoms with Gasteiger partial charge in [-0.05, 0) is 76.5 Å². The van der Waals surface area contributed by atoms with E-state index in [1.165, 1.54) is 0 Å². The van der Waals surface area contributed by atoms with Crippen LogP contribution in [0.2, 0.25) is 0 Å². The average molecular weight is 549 g/mol. The fraction of sp³-hybridized carbons (Fsp3) is 0.520. The van der Waals surface area contributed by atoms with Crippen LogP contribution in [0.1, 0.15) is 55.8 Å². The summed E-state index contributed by atoms with van der Waals surface area (Å²) >= 11 is 0. The predicted molar refractivity (Wildman–Crippen MR) is 154 cm³/mol. The van der Waals surface area contributed by atoms with Crippen LogP contribution in [0.4, 0.5) is 11.4 Å². The molecule has 2 aromatic rings. The van der Waals surface area contributed by atoms with Crippen molar-refractivity contribution in [2.75, 3.05) is 49.5 Å². The van der Waals surface area contributed by atoms with Crippen molar-refractivity contribution >= 4 is 71.2 Å². The van der Waals surface area contributed by atoms with Crippen molar-refractivity contribution in [3.63, 3.8) is 0 Å². The van der Waals surface area contributed by atoms with E-state index in [1.807, 2.05) is 35.2 Å². The first kappa shape index (κ1) is 33.4. The molecule has 0 fully saturated rings. The van der Waals surface area contributed by atoms with Gasteiger partial charge in [0, 0.05) is 28.6 Å². The van der Waals surface area contributed by atoms with Crippen LogP contribution in [-0.2, 0) is 4.79 Å². The molecule has 0 saturated heterocycles. The normalized spacial score (nSPS) is 11.6.